The van der Waals surface area contributed by atoms with E-state index in [0.29, 0.717) is 31.0 Å². The number of likely N-dealkylation sites (tertiary alicyclic amines) is 1. The summed E-state index contributed by atoms with van der Waals surface area (Å²) < 4.78 is 0. The summed E-state index contributed by atoms with van der Waals surface area (Å²) in [6, 6.07) is 8.79. The van der Waals surface area contributed by atoms with Crippen LogP contribution in [0, 0.1) is 5.92 Å². The Hall–Kier alpha value is -1.53. The van der Waals surface area contributed by atoms with Crippen LogP contribution >= 0.6 is 11.8 Å². The van der Waals surface area contributed by atoms with Crippen LogP contribution in [0.15, 0.2) is 30.3 Å². The number of hydrogen-bond donors (Lipinski definition) is 2. The molecule has 0 spiro atoms. The standard InChI is InChI=1S/C18H27N3O2S/c1-24-11-9-16(19)18(23)21-10-5-6-14(13-21)12-20-17(22)15-7-3-2-4-8-15/h2-4,7-8,14,16H,5-6,9-13,19H2,1H3,(H,20,22)/t14?,16-/m0/s1. The monoisotopic (exact) mass is 349 g/mol. The van der Waals surface area contributed by atoms with Crippen molar-refractivity contribution in [2.75, 3.05) is 31.6 Å². The number of carbonyl (C=O) groups is 2. The van der Waals surface area contributed by atoms with Crippen molar-refractivity contribution in [3.8, 4) is 0 Å². The number of hydrogen-bond acceptors (Lipinski definition) is 4. The lowest BCUT2D eigenvalue weighted by molar-refractivity contribution is -0.134. The van der Waals surface area contributed by atoms with E-state index in [9.17, 15) is 9.59 Å². The van der Waals surface area contributed by atoms with Gasteiger partial charge in [0.05, 0.1) is 6.04 Å². The fourth-order valence-electron chi connectivity index (χ4n) is 2.96. The fourth-order valence-corrected chi connectivity index (χ4v) is 3.45. The van der Waals surface area contributed by atoms with Crippen molar-refractivity contribution in [3.05, 3.63) is 35.9 Å². The highest BCUT2D eigenvalue weighted by atomic mass is 32.2. The van der Waals surface area contributed by atoms with Gasteiger partial charge < -0.3 is 16.0 Å². The summed E-state index contributed by atoms with van der Waals surface area (Å²) in [7, 11) is 0. The molecule has 1 aliphatic rings. The Kier molecular flexibility index (Phi) is 7.59. The minimum atomic E-state index is -0.407. The normalized spacial score (nSPS) is 18.9. The molecule has 2 atom stereocenters. The largest absolute Gasteiger partial charge is 0.352 e. The van der Waals surface area contributed by atoms with Crippen LogP contribution in [0.4, 0.5) is 0 Å². The first kappa shape index (κ1) is 18.8. The number of nitrogens with zero attached hydrogens (tertiary/aromatic N) is 1. The third-order valence-corrected chi connectivity index (χ3v) is 5.01. The molecule has 1 aromatic carbocycles. The molecule has 1 fully saturated rings. The molecule has 5 nitrogen and oxygen atoms in total. The van der Waals surface area contributed by atoms with E-state index in [2.05, 4.69) is 5.32 Å². The zero-order valence-corrected chi connectivity index (χ0v) is 15.1. The second kappa shape index (κ2) is 9.69. The Bertz CT molecular complexity index is 538. The summed E-state index contributed by atoms with van der Waals surface area (Å²) in [4.78, 5) is 26.4. The van der Waals surface area contributed by atoms with E-state index in [1.807, 2.05) is 29.4 Å². The molecule has 1 heterocycles. The maximum atomic E-state index is 12.4. The lowest BCUT2D eigenvalue weighted by Gasteiger charge is -2.34. The van der Waals surface area contributed by atoms with Gasteiger partial charge in [0.25, 0.3) is 5.91 Å². The van der Waals surface area contributed by atoms with Crippen LogP contribution in [0.25, 0.3) is 0 Å². The van der Waals surface area contributed by atoms with Gasteiger partial charge in [0.1, 0.15) is 0 Å². The molecule has 3 N–H and O–H groups in total. The van der Waals surface area contributed by atoms with Crippen LogP contribution in [0.2, 0.25) is 0 Å². The summed E-state index contributed by atoms with van der Waals surface area (Å²) >= 11 is 1.71. The molecule has 1 aromatic rings. The van der Waals surface area contributed by atoms with E-state index >= 15 is 0 Å². The number of rotatable bonds is 7. The predicted octanol–water partition coefficient (Wildman–Crippen LogP) is 1.74. The van der Waals surface area contributed by atoms with Crippen LogP contribution in [0.1, 0.15) is 29.6 Å². The van der Waals surface area contributed by atoms with Gasteiger partial charge in [0.2, 0.25) is 5.91 Å². The molecular formula is C18H27N3O2S. The zero-order chi connectivity index (χ0) is 17.4. The third-order valence-electron chi connectivity index (χ3n) is 4.37. The van der Waals surface area contributed by atoms with Crippen molar-refractivity contribution in [1.82, 2.24) is 10.2 Å². The van der Waals surface area contributed by atoms with Gasteiger partial charge in [-0.2, -0.15) is 11.8 Å². The van der Waals surface area contributed by atoms with Crippen LogP contribution in [-0.4, -0.2) is 54.4 Å². The van der Waals surface area contributed by atoms with Gasteiger partial charge in [-0.15, -0.1) is 0 Å². The summed E-state index contributed by atoms with van der Waals surface area (Å²) in [5.41, 5.74) is 6.67. The molecule has 0 saturated carbocycles. The maximum absolute atomic E-state index is 12.4. The number of thioether (sulfide) groups is 1. The van der Waals surface area contributed by atoms with E-state index in [1.54, 1.807) is 23.9 Å². The molecule has 0 radical (unpaired) electrons. The highest BCUT2D eigenvalue weighted by Gasteiger charge is 2.27. The number of benzene rings is 1. The summed E-state index contributed by atoms with van der Waals surface area (Å²) in [5, 5.41) is 2.98. The molecule has 1 aliphatic heterocycles. The molecule has 2 rings (SSSR count). The van der Waals surface area contributed by atoms with E-state index in [0.717, 1.165) is 25.1 Å². The van der Waals surface area contributed by atoms with Gasteiger partial charge in [-0.25, -0.2) is 0 Å². The van der Waals surface area contributed by atoms with Crippen molar-refractivity contribution in [2.45, 2.75) is 25.3 Å². The first-order chi connectivity index (χ1) is 11.6. The molecule has 1 saturated heterocycles. The number of nitrogens with two attached hydrogens (primary N) is 1. The van der Waals surface area contributed by atoms with Gasteiger partial charge in [0.15, 0.2) is 0 Å². The Morgan fingerprint density at radius 3 is 2.83 bits per heavy atom. The van der Waals surface area contributed by atoms with Crippen LogP contribution in [-0.2, 0) is 4.79 Å². The highest BCUT2D eigenvalue weighted by Crippen LogP contribution is 2.17. The Balaban J connectivity index is 1.80. The number of carbonyl (C=O) groups excluding carboxylic acids is 2. The molecule has 132 valence electrons. The smallest absolute Gasteiger partial charge is 0.251 e. The first-order valence-electron chi connectivity index (χ1n) is 8.48. The molecule has 2 amide bonds. The number of amides is 2. The molecule has 1 unspecified atom stereocenters. The minimum absolute atomic E-state index is 0.0446. The number of nitrogens with one attached hydrogen (secondary N) is 1. The molecule has 0 aromatic heterocycles. The molecule has 0 bridgehead atoms. The lowest BCUT2D eigenvalue weighted by Crippen LogP contribution is -2.49. The molecular weight excluding hydrogens is 322 g/mol. The topological polar surface area (TPSA) is 75.4 Å². The van der Waals surface area contributed by atoms with Crippen molar-refractivity contribution < 1.29 is 9.59 Å². The predicted molar refractivity (Wildman–Crippen MR) is 99.1 cm³/mol. The SMILES string of the molecule is CSCC[C@H](N)C(=O)N1CCCC(CNC(=O)c2ccccc2)C1. The summed E-state index contributed by atoms with van der Waals surface area (Å²) in [6.45, 7) is 2.05. The average Bonchev–Trinajstić information content (AvgIpc) is 2.64. The van der Waals surface area contributed by atoms with Crippen LogP contribution in [0.3, 0.4) is 0 Å². The molecule has 24 heavy (non-hydrogen) atoms. The fraction of sp³-hybridized carbons (Fsp3) is 0.556. The van der Waals surface area contributed by atoms with Gasteiger partial charge in [-0.3, -0.25) is 9.59 Å². The zero-order valence-electron chi connectivity index (χ0n) is 14.2. The van der Waals surface area contributed by atoms with E-state index in [-0.39, 0.29) is 11.8 Å². The number of piperidine rings is 1. The third kappa shape index (κ3) is 5.53. The van der Waals surface area contributed by atoms with E-state index in [1.165, 1.54) is 0 Å². The second-order valence-electron chi connectivity index (χ2n) is 6.26. The summed E-state index contributed by atoms with van der Waals surface area (Å²) in [5.74, 6) is 1.18. The Morgan fingerprint density at radius 2 is 2.12 bits per heavy atom. The first-order valence-corrected chi connectivity index (χ1v) is 9.87. The van der Waals surface area contributed by atoms with Crippen molar-refractivity contribution >= 4 is 23.6 Å². The van der Waals surface area contributed by atoms with Gasteiger partial charge in [-0.05, 0) is 49.3 Å². The minimum Gasteiger partial charge on any atom is -0.352 e. The average molecular weight is 350 g/mol. The van der Waals surface area contributed by atoms with Gasteiger partial charge >= 0.3 is 0 Å². The molecule has 0 aliphatic carbocycles. The highest BCUT2D eigenvalue weighted by molar-refractivity contribution is 7.98. The van der Waals surface area contributed by atoms with Gasteiger partial charge in [0, 0.05) is 25.2 Å². The second-order valence-corrected chi connectivity index (χ2v) is 7.24. The summed E-state index contributed by atoms with van der Waals surface area (Å²) in [6.07, 6.45) is 4.72. The lowest BCUT2D eigenvalue weighted by atomic mass is 9.97. The maximum Gasteiger partial charge on any atom is 0.251 e. The van der Waals surface area contributed by atoms with Crippen molar-refractivity contribution in [3.63, 3.8) is 0 Å². The van der Waals surface area contributed by atoms with Crippen LogP contribution in [0.5, 0.6) is 0 Å². The van der Waals surface area contributed by atoms with Crippen molar-refractivity contribution in [1.29, 1.82) is 0 Å². The Morgan fingerprint density at radius 1 is 1.38 bits per heavy atom. The van der Waals surface area contributed by atoms with E-state index in [4.69, 9.17) is 5.73 Å². The Labute approximate surface area is 148 Å². The molecule has 6 heteroatoms. The van der Waals surface area contributed by atoms with Gasteiger partial charge in [-0.1, -0.05) is 18.2 Å². The van der Waals surface area contributed by atoms with Crippen LogP contribution < -0.4 is 11.1 Å². The van der Waals surface area contributed by atoms with E-state index < -0.39 is 6.04 Å². The van der Waals surface area contributed by atoms with Crippen molar-refractivity contribution in [2.24, 2.45) is 11.7 Å². The quantitative estimate of drug-likeness (QED) is 0.786.